The quantitative estimate of drug-likeness (QED) is 0.440. The largest absolute Gasteiger partial charge is 0.467 e. The van der Waals surface area contributed by atoms with Crippen LogP contribution in [0.3, 0.4) is 0 Å². The first-order valence-electron chi connectivity index (χ1n) is 6.17. The molecule has 110 valence electrons. The van der Waals surface area contributed by atoms with Crippen LogP contribution in [-0.4, -0.2) is 30.1 Å². The third-order valence-corrected chi connectivity index (χ3v) is 3.80. The van der Waals surface area contributed by atoms with Gasteiger partial charge in [0.05, 0.1) is 6.26 Å². The summed E-state index contributed by atoms with van der Waals surface area (Å²) in [5.74, 6) is 1.70. The van der Waals surface area contributed by atoms with Crippen LogP contribution >= 0.6 is 35.7 Å². The highest BCUT2D eigenvalue weighted by Gasteiger charge is 2.15. The lowest BCUT2D eigenvalue weighted by atomic mass is 10.2. The molecule has 1 rings (SSSR count). The van der Waals surface area contributed by atoms with Gasteiger partial charge < -0.3 is 15.1 Å². The number of thioether (sulfide) groups is 1. The monoisotopic (exact) mass is 397 g/mol. The Labute approximate surface area is 137 Å². The molecule has 1 aromatic rings. The zero-order chi connectivity index (χ0) is 13.4. The van der Waals surface area contributed by atoms with Crippen molar-refractivity contribution in [2.75, 3.05) is 19.3 Å². The summed E-state index contributed by atoms with van der Waals surface area (Å²) >= 11 is 1.84. The van der Waals surface area contributed by atoms with Gasteiger partial charge in [-0.3, -0.25) is 0 Å². The van der Waals surface area contributed by atoms with Crippen LogP contribution in [0.15, 0.2) is 27.8 Å². The summed E-state index contributed by atoms with van der Waals surface area (Å²) in [6, 6.07) is 3.81. The second kappa shape index (κ2) is 9.52. The number of rotatable bonds is 6. The Morgan fingerprint density at radius 1 is 1.42 bits per heavy atom. The van der Waals surface area contributed by atoms with Crippen molar-refractivity contribution in [3.63, 3.8) is 0 Å². The Kier molecular flexibility index (Phi) is 9.34. The molecule has 19 heavy (non-hydrogen) atoms. The molecule has 6 heteroatoms. The normalized spacial score (nSPS) is 11.9. The highest BCUT2D eigenvalue weighted by molar-refractivity contribution is 14.0. The van der Waals surface area contributed by atoms with Gasteiger partial charge in [-0.1, -0.05) is 0 Å². The first kappa shape index (κ1) is 18.6. The molecule has 0 bridgehead atoms. The minimum absolute atomic E-state index is 0. The van der Waals surface area contributed by atoms with E-state index in [1.807, 2.05) is 23.9 Å². The van der Waals surface area contributed by atoms with E-state index < -0.39 is 0 Å². The van der Waals surface area contributed by atoms with Crippen LogP contribution in [0.2, 0.25) is 0 Å². The van der Waals surface area contributed by atoms with Gasteiger partial charge in [-0.05, 0) is 39.2 Å². The molecule has 0 aromatic carbocycles. The number of nitrogens with one attached hydrogen (secondary N) is 2. The van der Waals surface area contributed by atoms with Crippen molar-refractivity contribution in [1.82, 2.24) is 10.6 Å². The van der Waals surface area contributed by atoms with Gasteiger partial charge in [-0.25, -0.2) is 4.99 Å². The highest BCUT2D eigenvalue weighted by Crippen LogP contribution is 2.19. The lowest BCUT2D eigenvalue weighted by molar-refractivity contribution is 0.511. The lowest BCUT2D eigenvalue weighted by Crippen LogP contribution is -2.43. The molecule has 0 aliphatic heterocycles. The summed E-state index contributed by atoms with van der Waals surface area (Å²) in [6.45, 7) is 8.76. The van der Waals surface area contributed by atoms with Gasteiger partial charge in [0.1, 0.15) is 12.3 Å². The third kappa shape index (κ3) is 7.71. The van der Waals surface area contributed by atoms with Crippen molar-refractivity contribution in [3.05, 3.63) is 24.2 Å². The molecular weight excluding hydrogens is 373 g/mol. The van der Waals surface area contributed by atoms with Gasteiger partial charge in [0.25, 0.3) is 0 Å². The van der Waals surface area contributed by atoms with Crippen LogP contribution in [0, 0.1) is 0 Å². The number of aliphatic imine (C=N–C) groups is 1. The average molecular weight is 397 g/mol. The molecule has 2 N–H and O–H groups in total. The Morgan fingerprint density at radius 2 is 2.16 bits per heavy atom. The van der Waals surface area contributed by atoms with Crippen molar-refractivity contribution in [1.29, 1.82) is 0 Å². The van der Waals surface area contributed by atoms with Crippen molar-refractivity contribution in [2.45, 2.75) is 32.1 Å². The fourth-order valence-electron chi connectivity index (χ4n) is 1.27. The molecule has 4 nitrogen and oxygen atoms in total. The van der Waals surface area contributed by atoms with Gasteiger partial charge in [0.2, 0.25) is 0 Å². The molecule has 0 aliphatic rings. The standard InChI is InChI=1S/C13H23N3OS.HI/c1-5-14-12(16-10-13(2,3)18-4)15-9-11-7-6-8-17-11;/h6-8H,5,9-10H2,1-4H3,(H2,14,15,16);1H. The molecule has 0 saturated carbocycles. The van der Waals surface area contributed by atoms with Crippen LogP contribution in [0.1, 0.15) is 26.5 Å². The zero-order valence-electron chi connectivity index (χ0n) is 12.0. The minimum Gasteiger partial charge on any atom is -0.467 e. The topological polar surface area (TPSA) is 49.6 Å². The van der Waals surface area contributed by atoms with Gasteiger partial charge >= 0.3 is 0 Å². The van der Waals surface area contributed by atoms with Crippen LogP contribution in [0.25, 0.3) is 0 Å². The number of guanidine groups is 1. The summed E-state index contributed by atoms with van der Waals surface area (Å²) in [7, 11) is 0. The lowest BCUT2D eigenvalue weighted by Gasteiger charge is -2.23. The van der Waals surface area contributed by atoms with E-state index in [4.69, 9.17) is 4.42 Å². The van der Waals surface area contributed by atoms with Crippen molar-refractivity contribution >= 4 is 41.7 Å². The maximum absolute atomic E-state index is 5.26. The molecule has 0 aliphatic carbocycles. The van der Waals surface area contributed by atoms with E-state index in [9.17, 15) is 0 Å². The van der Waals surface area contributed by atoms with Gasteiger partial charge in [-0.15, -0.1) is 24.0 Å². The van der Waals surface area contributed by atoms with Gasteiger partial charge in [-0.2, -0.15) is 11.8 Å². The zero-order valence-corrected chi connectivity index (χ0v) is 15.2. The van der Waals surface area contributed by atoms with E-state index in [-0.39, 0.29) is 28.7 Å². The number of halogens is 1. The van der Waals surface area contributed by atoms with E-state index in [0.29, 0.717) is 6.54 Å². The summed E-state index contributed by atoms with van der Waals surface area (Å²) in [5, 5.41) is 6.58. The first-order valence-corrected chi connectivity index (χ1v) is 7.39. The molecule has 0 saturated heterocycles. The van der Waals surface area contributed by atoms with E-state index in [1.165, 1.54) is 0 Å². The van der Waals surface area contributed by atoms with Crippen LogP contribution < -0.4 is 10.6 Å². The number of furan rings is 1. The molecule has 1 heterocycles. The Hall–Kier alpha value is -0.370. The molecule has 0 atom stereocenters. The fraction of sp³-hybridized carbons (Fsp3) is 0.615. The molecule has 0 amide bonds. The van der Waals surface area contributed by atoms with E-state index in [2.05, 4.69) is 42.7 Å². The molecule has 1 aromatic heterocycles. The molecule has 0 unspecified atom stereocenters. The van der Waals surface area contributed by atoms with Crippen molar-refractivity contribution in [2.24, 2.45) is 4.99 Å². The van der Waals surface area contributed by atoms with Crippen LogP contribution in [-0.2, 0) is 6.54 Å². The summed E-state index contributed by atoms with van der Waals surface area (Å²) < 4.78 is 5.46. The Morgan fingerprint density at radius 3 is 2.68 bits per heavy atom. The second-order valence-corrected chi connectivity index (χ2v) is 6.11. The van der Waals surface area contributed by atoms with Crippen LogP contribution in [0.4, 0.5) is 0 Å². The SMILES string of the molecule is CCNC(=NCc1ccco1)NCC(C)(C)SC.I. The number of hydrogen-bond donors (Lipinski definition) is 2. The van der Waals surface area contributed by atoms with E-state index >= 15 is 0 Å². The van der Waals surface area contributed by atoms with Crippen molar-refractivity contribution in [3.8, 4) is 0 Å². The first-order chi connectivity index (χ1) is 8.57. The predicted molar refractivity (Wildman–Crippen MR) is 94.5 cm³/mol. The van der Waals surface area contributed by atoms with E-state index in [1.54, 1.807) is 6.26 Å². The predicted octanol–water partition coefficient (Wildman–Crippen LogP) is 3.09. The summed E-state index contributed by atoms with van der Waals surface area (Å²) in [5.41, 5.74) is 0. The molecular formula is C13H24IN3OS. The fourth-order valence-corrected chi connectivity index (χ4v) is 1.49. The minimum atomic E-state index is 0. The second-order valence-electron chi connectivity index (χ2n) is 4.59. The highest BCUT2D eigenvalue weighted by atomic mass is 127. The van der Waals surface area contributed by atoms with Gasteiger partial charge in [0, 0.05) is 17.8 Å². The van der Waals surface area contributed by atoms with Gasteiger partial charge in [0.15, 0.2) is 5.96 Å². The average Bonchev–Trinajstić information content (AvgIpc) is 2.86. The maximum atomic E-state index is 5.26. The third-order valence-electron chi connectivity index (χ3n) is 2.55. The van der Waals surface area contributed by atoms with Crippen molar-refractivity contribution < 1.29 is 4.42 Å². The molecule has 0 fully saturated rings. The summed E-state index contributed by atoms with van der Waals surface area (Å²) in [6.07, 6.45) is 3.79. The van der Waals surface area contributed by atoms with E-state index in [0.717, 1.165) is 24.8 Å². The smallest absolute Gasteiger partial charge is 0.191 e. The van der Waals surface area contributed by atoms with Crippen LogP contribution in [0.5, 0.6) is 0 Å². The summed E-state index contributed by atoms with van der Waals surface area (Å²) in [4.78, 5) is 4.48. The maximum Gasteiger partial charge on any atom is 0.191 e. The number of hydrogen-bond acceptors (Lipinski definition) is 3. The molecule has 0 spiro atoms. The number of nitrogens with zero attached hydrogens (tertiary/aromatic N) is 1. The Bertz CT molecular complexity index is 366. The Balaban J connectivity index is 0.00000324. The molecule has 0 radical (unpaired) electrons.